The summed E-state index contributed by atoms with van der Waals surface area (Å²) in [6.07, 6.45) is 1.29. The van der Waals surface area contributed by atoms with E-state index >= 15 is 0 Å². The van der Waals surface area contributed by atoms with Crippen molar-refractivity contribution in [2.24, 2.45) is 5.92 Å². The normalized spacial score (nSPS) is 14.9. The van der Waals surface area contributed by atoms with E-state index in [0.717, 1.165) is 17.8 Å². The quantitative estimate of drug-likeness (QED) is 0.884. The second-order valence-electron chi connectivity index (χ2n) is 6.40. The largest absolute Gasteiger partial charge is 0.365 e. The van der Waals surface area contributed by atoms with Gasteiger partial charge in [0.25, 0.3) is 0 Å². The van der Waals surface area contributed by atoms with Crippen molar-refractivity contribution < 1.29 is 9.59 Å². The maximum absolute atomic E-state index is 12.1. The summed E-state index contributed by atoms with van der Waals surface area (Å²) in [4.78, 5) is 28.1. The minimum Gasteiger partial charge on any atom is -0.365 e. The van der Waals surface area contributed by atoms with Crippen LogP contribution in [0.15, 0.2) is 18.2 Å². The zero-order valence-corrected chi connectivity index (χ0v) is 15.4. The van der Waals surface area contributed by atoms with Crippen molar-refractivity contribution in [1.82, 2.24) is 4.90 Å². The Morgan fingerprint density at radius 3 is 2.46 bits per heavy atom. The Bertz CT molecular complexity index is 596. The smallest absolute Gasteiger partial charge is 0.225 e. The Labute approximate surface area is 149 Å². The van der Waals surface area contributed by atoms with Crippen LogP contribution >= 0.6 is 11.6 Å². The zero-order valence-electron chi connectivity index (χ0n) is 14.6. The number of piperazine rings is 1. The summed E-state index contributed by atoms with van der Waals surface area (Å²) in [7, 11) is 0. The monoisotopic (exact) mass is 351 g/mol. The molecule has 0 aromatic heterocycles. The molecule has 1 aromatic rings. The number of carbonyl (C=O) groups is 2. The molecule has 1 aliphatic rings. The molecule has 0 spiro atoms. The third-order valence-electron chi connectivity index (χ3n) is 4.14. The van der Waals surface area contributed by atoms with Gasteiger partial charge in [-0.05, 0) is 18.6 Å². The minimum absolute atomic E-state index is 0.00496. The molecule has 2 rings (SSSR count). The maximum Gasteiger partial charge on any atom is 0.225 e. The number of carbonyl (C=O) groups excluding carboxylic acids is 2. The van der Waals surface area contributed by atoms with Gasteiger partial charge in [0.15, 0.2) is 0 Å². The molecule has 1 saturated heterocycles. The molecule has 132 valence electrons. The third kappa shape index (κ3) is 4.41. The fourth-order valence-electron chi connectivity index (χ4n) is 2.89. The summed E-state index contributed by atoms with van der Waals surface area (Å²) in [6.45, 7) is 8.57. The van der Waals surface area contributed by atoms with Gasteiger partial charge in [-0.2, -0.15) is 0 Å². The van der Waals surface area contributed by atoms with Gasteiger partial charge in [-0.15, -0.1) is 0 Å². The van der Waals surface area contributed by atoms with E-state index in [1.54, 1.807) is 0 Å². The first kappa shape index (κ1) is 18.6. The van der Waals surface area contributed by atoms with Crippen molar-refractivity contribution >= 4 is 34.8 Å². The summed E-state index contributed by atoms with van der Waals surface area (Å²) in [5.74, 6) is 0.195. The van der Waals surface area contributed by atoms with Crippen LogP contribution in [-0.4, -0.2) is 42.9 Å². The lowest BCUT2D eigenvalue weighted by molar-refractivity contribution is -0.134. The van der Waals surface area contributed by atoms with Gasteiger partial charge in [0, 0.05) is 38.5 Å². The number of hydrogen-bond donors (Lipinski definition) is 1. The Morgan fingerprint density at radius 2 is 1.88 bits per heavy atom. The van der Waals surface area contributed by atoms with Gasteiger partial charge in [-0.1, -0.05) is 38.4 Å². The van der Waals surface area contributed by atoms with E-state index in [2.05, 4.69) is 10.2 Å². The number of amides is 2. The number of anilines is 2. The van der Waals surface area contributed by atoms with Gasteiger partial charge in [0.1, 0.15) is 0 Å². The fraction of sp³-hybridized carbons (Fsp3) is 0.556. The summed E-state index contributed by atoms with van der Waals surface area (Å²) in [5, 5.41) is 3.57. The zero-order chi connectivity index (χ0) is 17.7. The van der Waals surface area contributed by atoms with E-state index in [0.29, 0.717) is 37.6 Å². The van der Waals surface area contributed by atoms with E-state index in [9.17, 15) is 9.59 Å². The lowest BCUT2D eigenvalue weighted by Crippen LogP contribution is -2.50. The highest BCUT2D eigenvalue weighted by molar-refractivity contribution is 6.34. The number of benzene rings is 1. The molecule has 0 bridgehead atoms. The second-order valence-corrected chi connectivity index (χ2v) is 6.81. The van der Waals surface area contributed by atoms with Crippen molar-refractivity contribution in [2.45, 2.75) is 33.6 Å². The Morgan fingerprint density at radius 1 is 1.21 bits per heavy atom. The molecule has 1 fully saturated rings. The van der Waals surface area contributed by atoms with Gasteiger partial charge < -0.3 is 15.1 Å². The predicted octanol–water partition coefficient (Wildman–Crippen LogP) is 3.38. The van der Waals surface area contributed by atoms with Crippen molar-refractivity contribution in [2.75, 3.05) is 36.4 Å². The van der Waals surface area contributed by atoms with Gasteiger partial charge >= 0.3 is 0 Å². The third-order valence-corrected chi connectivity index (χ3v) is 4.44. The van der Waals surface area contributed by atoms with Crippen molar-refractivity contribution in [1.29, 1.82) is 0 Å². The summed E-state index contributed by atoms with van der Waals surface area (Å²) in [5.41, 5.74) is 1.59. The number of hydrogen-bond acceptors (Lipinski definition) is 3. The maximum atomic E-state index is 12.1. The number of para-hydroxylation sites is 1. The molecule has 0 atom stereocenters. The molecule has 0 aliphatic carbocycles. The molecular weight excluding hydrogens is 326 g/mol. The molecule has 24 heavy (non-hydrogen) atoms. The average molecular weight is 352 g/mol. The van der Waals surface area contributed by atoms with Crippen LogP contribution in [0.5, 0.6) is 0 Å². The molecule has 5 nitrogen and oxygen atoms in total. The molecule has 1 aromatic carbocycles. The topological polar surface area (TPSA) is 52.7 Å². The number of halogens is 1. The van der Waals surface area contributed by atoms with Crippen LogP contribution in [0.2, 0.25) is 5.02 Å². The lowest BCUT2D eigenvalue weighted by atomic mass is 10.1. The van der Waals surface area contributed by atoms with E-state index < -0.39 is 0 Å². The second kappa shape index (κ2) is 8.38. The average Bonchev–Trinajstić information content (AvgIpc) is 2.55. The van der Waals surface area contributed by atoms with E-state index in [-0.39, 0.29) is 17.7 Å². The van der Waals surface area contributed by atoms with Crippen LogP contribution < -0.4 is 10.2 Å². The van der Waals surface area contributed by atoms with Crippen LogP contribution in [-0.2, 0) is 9.59 Å². The van der Waals surface area contributed by atoms with Crippen molar-refractivity contribution in [3.8, 4) is 0 Å². The first-order chi connectivity index (χ1) is 11.4. The van der Waals surface area contributed by atoms with Gasteiger partial charge in [-0.25, -0.2) is 0 Å². The molecule has 0 unspecified atom stereocenters. The van der Waals surface area contributed by atoms with Gasteiger partial charge in [0.05, 0.1) is 16.4 Å². The molecule has 1 heterocycles. The fourth-order valence-corrected chi connectivity index (χ4v) is 3.19. The van der Waals surface area contributed by atoms with Crippen LogP contribution in [0.1, 0.15) is 33.6 Å². The minimum atomic E-state index is -0.00496. The van der Waals surface area contributed by atoms with Crippen LogP contribution in [0.25, 0.3) is 0 Å². The van der Waals surface area contributed by atoms with Gasteiger partial charge in [0.2, 0.25) is 11.8 Å². The first-order valence-corrected chi connectivity index (χ1v) is 8.94. The highest BCUT2D eigenvalue weighted by Gasteiger charge is 2.25. The van der Waals surface area contributed by atoms with Crippen molar-refractivity contribution in [3.05, 3.63) is 23.2 Å². The SMILES string of the molecule is CCCC(=O)Nc1cccc(Cl)c1N1CCN(C(=O)C(C)C)CC1. The van der Waals surface area contributed by atoms with Crippen LogP contribution in [0.3, 0.4) is 0 Å². The summed E-state index contributed by atoms with van der Waals surface area (Å²) < 4.78 is 0. The lowest BCUT2D eigenvalue weighted by Gasteiger charge is -2.38. The predicted molar refractivity (Wildman–Crippen MR) is 98.6 cm³/mol. The molecule has 2 amide bonds. The van der Waals surface area contributed by atoms with E-state index in [4.69, 9.17) is 11.6 Å². The van der Waals surface area contributed by atoms with Crippen LogP contribution in [0, 0.1) is 5.92 Å². The summed E-state index contributed by atoms with van der Waals surface area (Å²) in [6, 6.07) is 5.55. The first-order valence-electron chi connectivity index (χ1n) is 8.56. The summed E-state index contributed by atoms with van der Waals surface area (Å²) >= 11 is 6.40. The molecule has 1 N–H and O–H groups in total. The highest BCUT2D eigenvalue weighted by atomic mass is 35.5. The Kier molecular flexibility index (Phi) is 6.49. The van der Waals surface area contributed by atoms with E-state index in [1.165, 1.54) is 0 Å². The molecule has 1 aliphatic heterocycles. The van der Waals surface area contributed by atoms with E-state index in [1.807, 2.05) is 43.9 Å². The number of rotatable bonds is 5. The molecular formula is C18H26ClN3O2. The standard InChI is InChI=1S/C18H26ClN3O2/c1-4-6-16(23)20-15-8-5-7-14(19)17(15)21-9-11-22(12-10-21)18(24)13(2)3/h5,7-8,13H,4,6,9-12H2,1-3H3,(H,20,23). The van der Waals surface area contributed by atoms with Gasteiger partial charge in [-0.3, -0.25) is 9.59 Å². The molecule has 6 heteroatoms. The van der Waals surface area contributed by atoms with Crippen molar-refractivity contribution in [3.63, 3.8) is 0 Å². The number of nitrogens with one attached hydrogen (secondary N) is 1. The Balaban J connectivity index is 2.12. The van der Waals surface area contributed by atoms with Crippen LogP contribution in [0.4, 0.5) is 11.4 Å². The Hall–Kier alpha value is -1.75. The highest BCUT2D eigenvalue weighted by Crippen LogP contribution is 2.34. The number of nitrogens with zero attached hydrogens (tertiary/aromatic N) is 2. The molecule has 0 saturated carbocycles. The molecule has 0 radical (unpaired) electrons.